The van der Waals surface area contributed by atoms with Crippen molar-refractivity contribution in [3.8, 4) is 6.07 Å². The number of allylic oxidation sites excluding steroid dienone is 3. The molecule has 0 aromatic carbocycles. The molecule has 1 atom stereocenters. The Morgan fingerprint density at radius 1 is 1.24 bits per heavy atom. The maximum absolute atomic E-state index is 13.0. The van der Waals surface area contributed by atoms with Gasteiger partial charge in [0.05, 0.1) is 28.3 Å². The van der Waals surface area contributed by atoms with E-state index in [0.29, 0.717) is 16.2 Å². The summed E-state index contributed by atoms with van der Waals surface area (Å²) in [6.45, 7) is 3.38. The molecule has 7 heteroatoms. The highest BCUT2D eigenvalue weighted by atomic mass is 32.2. The van der Waals surface area contributed by atoms with Crippen LogP contribution in [0.4, 0.5) is 0 Å². The van der Waals surface area contributed by atoms with Crippen molar-refractivity contribution < 1.29 is 9.59 Å². The van der Waals surface area contributed by atoms with E-state index in [4.69, 9.17) is 0 Å². The normalized spacial score (nSPS) is 32.4. The Hall–Kier alpha value is -2.59. The van der Waals surface area contributed by atoms with Crippen molar-refractivity contribution in [3.05, 3.63) is 52.0 Å². The van der Waals surface area contributed by atoms with Gasteiger partial charge < -0.3 is 10.6 Å². The first-order chi connectivity index (χ1) is 15.9. The maximum atomic E-state index is 13.0. The molecule has 1 amide bonds. The molecule has 2 N–H and O–H groups in total. The number of amides is 1. The highest BCUT2D eigenvalue weighted by Gasteiger charge is 2.51. The third-order valence-corrected chi connectivity index (χ3v) is 8.85. The van der Waals surface area contributed by atoms with Gasteiger partial charge in [-0.3, -0.25) is 14.6 Å². The molecule has 6 rings (SSSR count). The van der Waals surface area contributed by atoms with E-state index in [2.05, 4.69) is 21.7 Å². The number of dihydropyridines is 1. The van der Waals surface area contributed by atoms with Gasteiger partial charge >= 0.3 is 0 Å². The van der Waals surface area contributed by atoms with E-state index < -0.39 is 5.92 Å². The average molecular weight is 463 g/mol. The number of carbonyl (C=O) groups excluding carboxylic acids is 2. The number of pyridine rings is 1. The summed E-state index contributed by atoms with van der Waals surface area (Å²) >= 11 is 1.35. The second kappa shape index (κ2) is 8.64. The number of rotatable bonds is 6. The number of aromatic nitrogens is 1. The van der Waals surface area contributed by atoms with E-state index in [9.17, 15) is 14.9 Å². The SMILES string of the molecule is CC(=O)C1=C(C)NC(SCC(=O)NC23CC4CC(CC(C4)C2)C3)=C(C#N)C1c1cccnc1. The Balaban J connectivity index is 1.34. The van der Waals surface area contributed by atoms with Gasteiger partial charge in [-0.25, -0.2) is 0 Å². The van der Waals surface area contributed by atoms with Gasteiger partial charge in [0.15, 0.2) is 5.78 Å². The molecule has 1 aliphatic heterocycles. The molecule has 0 radical (unpaired) electrons. The predicted molar refractivity (Wildman–Crippen MR) is 128 cm³/mol. The topological polar surface area (TPSA) is 94.9 Å². The van der Waals surface area contributed by atoms with E-state index in [1.807, 2.05) is 19.1 Å². The fourth-order valence-electron chi connectivity index (χ4n) is 7.11. The van der Waals surface area contributed by atoms with Crippen molar-refractivity contribution in [2.45, 2.75) is 63.8 Å². The zero-order valence-electron chi connectivity index (χ0n) is 19.2. The van der Waals surface area contributed by atoms with Crippen molar-refractivity contribution in [2.24, 2.45) is 17.8 Å². The highest BCUT2D eigenvalue weighted by Crippen LogP contribution is 2.55. The van der Waals surface area contributed by atoms with Gasteiger partial charge in [0.1, 0.15) is 0 Å². The third kappa shape index (κ3) is 4.21. The summed E-state index contributed by atoms with van der Waals surface area (Å²) in [6, 6.07) is 6.01. The fourth-order valence-corrected chi connectivity index (χ4v) is 8.00. The number of nitrogens with zero attached hydrogens (tertiary/aromatic N) is 2. The third-order valence-electron chi connectivity index (χ3n) is 7.83. The Kier molecular flexibility index (Phi) is 5.82. The number of nitriles is 1. The number of thioether (sulfide) groups is 1. The summed E-state index contributed by atoms with van der Waals surface area (Å²) in [5, 5.41) is 17.3. The molecule has 2 heterocycles. The molecular formula is C26H30N4O2S. The summed E-state index contributed by atoms with van der Waals surface area (Å²) in [5.74, 6) is 2.05. The van der Waals surface area contributed by atoms with E-state index in [0.717, 1.165) is 48.3 Å². The standard InChI is InChI=1S/C26H30N4O2S/c1-15-23(16(2)31)24(20-4-3-5-28-13-20)21(12-27)25(29-15)33-14-22(32)30-26-9-17-6-18(10-26)8-19(7-17)11-26/h3-5,13,17-19,24,29H,6-11,14H2,1-2H3,(H,30,32). The Labute approximate surface area is 199 Å². The monoisotopic (exact) mass is 462 g/mol. The summed E-state index contributed by atoms with van der Waals surface area (Å²) in [4.78, 5) is 29.7. The van der Waals surface area contributed by atoms with Gasteiger partial charge in [0.25, 0.3) is 0 Å². The maximum Gasteiger partial charge on any atom is 0.230 e. The Morgan fingerprint density at radius 2 is 1.91 bits per heavy atom. The number of hydrogen-bond acceptors (Lipinski definition) is 6. The summed E-state index contributed by atoms with van der Waals surface area (Å²) in [6.07, 6.45) is 10.7. The smallest absolute Gasteiger partial charge is 0.230 e. The van der Waals surface area contributed by atoms with E-state index in [-0.39, 0.29) is 23.0 Å². The number of nitrogens with one attached hydrogen (secondary N) is 2. The Morgan fingerprint density at radius 3 is 2.45 bits per heavy atom. The van der Waals surface area contributed by atoms with Crippen molar-refractivity contribution in [1.82, 2.24) is 15.6 Å². The second-order valence-electron chi connectivity index (χ2n) is 10.3. The van der Waals surface area contributed by atoms with E-state index in [1.54, 1.807) is 12.4 Å². The van der Waals surface area contributed by atoms with Crippen LogP contribution in [0.25, 0.3) is 0 Å². The number of ketones is 1. The van der Waals surface area contributed by atoms with Crippen LogP contribution in [-0.2, 0) is 9.59 Å². The fraction of sp³-hybridized carbons (Fsp3) is 0.538. The van der Waals surface area contributed by atoms with Crippen molar-refractivity contribution in [2.75, 3.05) is 5.75 Å². The van der Waals surface area contributed by atoms with Crippen molar-refractivity contribution in [3.63, 3.8) is 0 Å². The Bertz CT molecular complexity index is 1050. The van der Waals surface area contributed by atoms with Crippen LogP contribution in [0.5, 0.6) is 0 Å². The minimum absolute atomic E-state index is 0.0192. The van der Waals surface area contributed by atoms with Crippen LogP contribution >= 0.6 is 11.8 Å². The molecule has 1 aromatic heterocycles. The molecule has 4 bridgehead atoms. The molecule has 5 aliphatic rings. The van der Waals surface area contributed by atoms with Crippen LogP contribution in [-0.4, -0.2) is 28.0 Å². The van der Waals surface area contributed by atoms with Gasteiger partial charge in [0, 0.05) is 29.2 Å². The highest BCUT2D eigenvalue weighted by molar-refractivity contribution is 8.03. The molecule has 0 saturated heterocycles. The van der Waals surface area contributed by atoms with Crippen LogP contribution in [0, 0.1) is 29.1 Å². The molecule has 1 aromatic rings. The van der Waals surface area contributed by atoms with Gasteiger partial charge in [-0.1, -0.05) is 17.8 Å². The lowest BCUT2D eigenvalue weighted by Gasteiger charge is -2.56. The van der Waals surface area contributed by atoms with Gasteiger partial charge in [-0.15, -0.1) is 0 Å². The minimum atomic E-state index is -0.476. The first-order valence-corrected chi connectivity index (χ1v) is 12.8. The van der Waals surface area contributed by atoms with Crippen LogP contribution in [0.2, 0.25) is 0 Å². The van der Waals surface area contributed by atoms with Gasteiger partial charge in [-0.2, -0.15) is 5.26 Å². The van der Waals surface area contributed by atoms with Crippen LogP contribution in [0.3, 0.4) is 0 Å². The van der Waals surface area contributed by atoms with Crippen LogP contribution < -0.4 is 10.6 Å². The summed E-state index contributed by atoms with van der Waals surface area (Å²) < 4.78 is 0. The van der Waals surface area contributed by atoms with Crippen molar-refractivity contribution in [1.29, 1.82) is 5.26 Å². The first kappa shape index (κ1) is 22.2. The lowest BCUT2D eigenvalue weighted by Crippen LogP contribution is -2.60. The number of carbonyl (C=O) groups is 2. The lowest BCUT2D eigenvalue weighted by atomic mass is 9.53. The molecule has 4 saturated carbocycles. The quantitative estimate of drug-likeness (QED) is 0.658. The molecule has 1 unspecified atom stereocenters. The molecule has 172 valence electrons. The molecule has 4 fully saturated rings. The molecule has 6 nitrogen and oxygen atoms in total. The second-order valence-corrected chi connectivity index (χ2v) is 11.3. The predicted octanol–water partition coefficient (Wildman–Crippen LogP) is 4.18. The summed E-state index contributed by atoms with van der Waals surface area (Å²) in [7, 11) is 0. The van der Waals surface area contributed by atoms with Crippen LogP contribution in [0.1, 0.15) is 63.9 Å². The molecular weight excluding hydrogens is 432 g/mol. The minimum Gasteiger partial charge on any atom is -0.353 e. The number of hydrogen-bond donors (Lipinski definition) is 2. The van der Waals surface area contributed by atoms with E-state index >= 15 is 0 Å². The van der Waals surface area contributed by atoms with Crippen LogP contribution in [0.15, 0.2) is 46.4 Å². The largest absolute Gasteiger partial charge is 0.353 e. The molecule has 4 aliphatic carbocycles. The number of Topliss-reactive ketones (excluding diaryl/α,β-unsaturated/α-hetero) is 1. The average Bonchev–Trinajstić information content (AvgIpc) is 2.76. The summed E-state index contributed by atoms with van der Waals surface area (Å²) in [5.41, 5.74) is 2.54. The van der Waals surface area contributed by atoms with Crippen molar-refractivity contribution >= 4 is 23.5 Å². The van der Waals surface area contributed by atoms with Gasteiger partial charge in [0.2, 0.25) is 5.91 Å². The molecule has 0 spiro atoms. The first-order valence-electron chi connectivity index (χ1n) is 11.8. The van der Waals surface area contributed by atoms with E-state index in [1.165, 1.54) is 37.9 Å². The molecule has 33 heavy (non-hydrogen) atoms. The zero-order valence-corrected chi connectivity index (χ0v) is 20.0. The zero-order chi connectivity index (χ0) is 23.2. The van der Waals surface area contributed by atoms with Gasteiger partial charge in [-0.05, 0) is 81.8 Å². The lowest BCUT2D eigenvalue weighted by molar-refractivity contribution is -0.124.